The zero-order valence-corrected chi connectivity index (χ0v) is 12.3. The Morgan fingerprint density at radius 2 is 2.00 bits per heavy atom. The molecule has 1 amide bonds. The van der Waals surface area contributed by atoms with Crippen LogP contribution >= 0.6 is 11.8 Å². The standard InChI is InChI=1S/C12H24N2O3S/c1-11(2,3)17-10(15)14-8-12(9-16-13)4-6-18-7-5-12/h4-9,13H2,1-3H3,(H,14,15). The summed E-state index contributed by atoms with van der Waals surface area (Å²) in [5.41, 5.74) is -0.513. The van der Waals surface area contributed by atoms with Crippen LogP contribution in [0.15, 0.2) is 0 Å². The smallest absolute Gasteiger partial charge is 0.407 e. The molecule has 18 heavy (non-hydrogen) atoms. The molecule has 0 saturated carbocycles. The van der Waals surface area contributed by atoms with E-state index >= 15 is 0 Å². The van der Waals surface area contributed by atoms with E-state index in [1.165, 1.54) is 0 Å². The van der Waals surface area contributed by atoms with Crippen molar-refractivity contribution in [1.29, 1.82) is 0 Å². The first-order chi connectivity index (χ1) is 8.37. The Morgan fingerprint density at radius 3 is 2.50 bits per heavy atom. The Hall–Kier alpha value is -0.460. The highest BCUT2D eigenvalue weighted by atomic mass is 32.2. The number of hydrogen-bond donors (Lipinski definition) is 2. The second-order valence-electron chi connectivity index (χ2n) is 5.78. The van der Waals surface area contributed by atoms with Gasteiger partial charge in [0.15, 0.2) is 0 Å². The molecule has 1 saturated heterocycles. The zero-order chi connectivity index (χ0) is 13.6. The molecule has 0 aromatic heterocycles. The first-order valence-electron chi connectivity index (χ1n) is 6.23. The molecular weight excluding hydrogens is 252 g/mol. The SMILES string of the molecule is CC(C)(C)OC(=O)NCC1(CON)CCSCC1. The summed E-state index contributed by atoms with van der Waals surface area (Å²) in [6.45, 7) is 6.58. The average Bonchev–Trinajstić information content (AvgIpc) is 2.26. The summed E-state index contributed by atoms with van der Waals surface area (Å²) in [4.78, 5) is 16.5. The topological polar surface area (TPSA) is 73.6 Å². The molecule has 1 fully saturated rings. The molecule has 106 valence electrons. The second-order valence-corrected chi connectivity index (χ2v) is 7.00. The summed E-state index contributed by atoms with van der Waals surface area (Å²) in [5.74, 6) is 7.37. The van der Waals surface area contributed by atoms with Gasteiger partial charge in [-0.3, -0.25) is 0 Å². The van der Waals surface area contributed by atoms with Gasteiger partial charge < -0.3 is 14.9 Å². The molecular formula is C12H24N2O3S. The van der Waals surface area contributed by atoms with Crippen molar-refractivity contribution < 1.29 is 14.4 Å². The Labute approximate surface area is 113 Å². The van der Waals surface area contributed by atoms with Crippen molar-refractivity contribution in [1.82, 2.24) is 5.32 Å². The lowest BCUT2D eigenvalue weighted by molar-refractivity contribution is 0.0266. The molecule has 0 atom stereocenters. The molecule has 0 aromatic rings. The zero-order valence-electron chi connectivity index (χ0n) is 11.5. The Morgan fingerprint density at radius 1 is 1.39 bits per heavy atom. The lowest BCUT2D eigenvalue weighted by atomic mass is 9.83. The molecule has 1 rings (SSSR count). The van der Waals surface area contributed by atoms with Crippen LogP contribution in [0, 0.1) is 5.41 Å². The number of nitrogens with two attached hydrogens (primary N) is 1. The van der Waals surface area contributed by atoms with Crippen LogP contribution in [0.25, 0.3) is 0 Å². The van der Waals surface area contributed by atoms with Gasteiger partial charge in [-0.1, -0.05) is 0 Å². The van der Waals surface area contributed by atoms with E-state index in [-0.39, 0.29) is 11.5 Å². The first-order valence-corrected chi connectivity index (χ1v) is 7.39. The quantitative estimate of drug-likeness (QED) is 0.767. The van der Waals surface area contributed by atoms with Gasteiger partial charge >= 0.3 is 6.09 Å². The van der Waals surface area contributed by atoms with Crippen molar-refractivity contribution in [2.24, 2.45) is 11.3 Å². The first kappa shape index (κ1) is 15.6. The largest absolute Gasteiger partial charge is 0.444 e. The van der Waals surface area contributed by atoms with Crippen LogP contribution in [-0.2, 0) is 9.57 Å². The minimum atomic E-state index is -0.468. The van der Waals surface area contributed by atoms with Crippen LogP contribution in [0.4, 0.5) is 4.79 Å². The molecule has 0 spiro atoms. The third-order valence-corrected chi connectivity index (χ3v) is 3.94. The van der Waals surface area contributed by atoms with E-state index in [0.29, 0.717) is 13.2 Å². The minimum Gasteiger partial charge on any atom is -0.444 e. The van der Waals surface area contributed by atoms with Crippen molar-refractivity contribution in [3.8, 4) is 0 Å². The fourth-order valence-corrected chi connectivity index (χ4v) is 3.29. The number of thioether (sulfide) groups is 1. The van der Waals surface area contributed by atoms with Crippen molar-refractivity contribution in [2.75, 3.05) is 24.7 Å². The van der Waals surface area contributed by atoms with Gasteiger partial charge in [-0.05, 0) is 45.1 Å². The van der Waals surface area contributed by atoms with Crippen LogP contribution in [0.5, 0.6) is 0 Å². The number of hydrogen-bond acceptors (Lipinski definition) is 5. The minimum absolute atomic E-state index is 0.0447. The maximum Gasteiger partial charge on any atom is 0.407 e. The molecule has 1 aliphatic heterocycles. The maximum absolute atomic E-state index is 11.6. The number of carbonyl (C=O) groups excluding carboxylic acids is 1. The van der Waals surface area contributed by atoms with E-state index in [4.69, 9.17) is 15.5 Å². The number of carbonyl (C=O) groups is 1. The van der Waals surface area contributed by atoms with Crippen LogP contribution in [-0.4, -0.2) is 36.4 Å². The second kappa shape index (κ2) is 6.63. The number of nitrogens with one attached hydrogen (secondary N) is 1. The third kappa shape index (κ3) is 5.46. The van der Waals surface area contributed by atoms with Gasteiger partial charge in [-0.25, -0.2) is 10.7 Å². The van der Waals surface area contributed by atoms with Crippen LogP contribution in [0.3, 0.4) is 0 Å². The lowest BCUT2D eigenvalue weighted by Crippen LogP contribution is -2.45. The highest BCUT2D eigenvalue weighted by Crippen LogP contribution is 2.34. The third-order valence-electron chi connectivity index (χ3n) is 2.95. The van der Waals surface area contributed by atoms with Crippen molar-refractivity contribution in [2.45, 2.75) is 39.2 Å². The van der Waals surface area contributed by atoms with E-state index in [2.05, 4.69) is 5.32 Å². The molecule has 0 bridgehead atoms. The summed E-state index contributed by atoms with van der Waals surface area (Å²) in [6.07, 6.45) is 1.63. The Balaban J connectivity index is 2.44. The predicted octanol–water partition coefficient (Wildman–Crippen LogP) is 1.91. The van der Waals surface area contributed by atoms with Crippen LogP contribution < -0.4 is 11.2 Å². The van der Waals surface area contributed by atoms with E-state index in [9.17, 15) is 4.79 Å². The highest BCUT2D eigenvalue weighted by molar-refractivity contribution is 7.99. The monoisotopic (exact) mass is 276 g/mol. The summed E-state index contributed by atoms with van der Waals surface area (Å²) in [5, 5.41) is 2.83. The summed E-state index contributed by atoms with van der Waals surface area (Å²) in [6, 6.07) is 0. The van der Waals surface area contributed by atoms with Crippen molar-refractivity contribution >= 4 is 17.9 Å². The maximum atomic E-state index is 11.6. The summed E-state index contributed by atoms with van der Waals surface area (Å²) in [7, 11) is 0. The Kier molecular flexibility index (Phi) is 5.75. The van der Waals surface area contributed by atoms with Gasteiger partial charge in [0.2, 0.25) is 0 Å². The fraction of sp³-hybridized carbons (Fsp3) is 0.917. The van der Waals surface area contributed by atoms with Crippen molar-refractivity contribution in [3.63, 3.8) is 0 Å². The average molecular weight is 276 g/mol. The molecule has 3 N–H and O–H groups in total. The van der Waals surface area contributed by atoms with Gasteiger partial charge in [0.05, 0.1) is 6.61 Å². The molecule has 5 nitrogen and oxygen atoms in total. The number of ether oxygens (including phenoxy) is 1. The van der Waals surface area contributed by atoms with E-state index in [1.807, 2.05) is 32.5 Å². The molecule has 0 radical (unpaired) electrons. The molecule has 0 aliphatic carbocycles. The molecule has 1 heterocycles. The van der Waals surface area contributed by atoms with Gasteiger partial charge in [-0.2, -0.15) is 11.8 Å². The number of amides is 1. The Bertz CT molecular complexity index is 267. The lowest BCUT2D eigenvalue weighted by Gasteiger charge is -2.36. The predicted molar refractivity (Wildman–Crippen MR) is 73.4 cm³/mol. The summed E-state index contributed by atoms with van der Waals surface area (Å²) < 4.78 is 5.22. The van der Waals surface area contributed by atoms with E-state index in [0.717, 1.165) is 24.3 Å². The summed E-state index contributed by atoms with van der Waals surface area (Å²) >= 11 is 1.93. The van der Waals surface area contributed by atoms with E-state index in [1.54, 1.807) is 0 Å². The van der Waals surface area contributed by atoms with Gasteiger partial charge in [0.25, 0.3) is 0 Å². The molecule has 0 aromatic carbocycles. The van der Waals surface area contributed by atoms with Gasteiger partial charge in [0, 0.05) is 12.0 Å². The molecule has 6 heteroatoms. The number of alkyl carbamates (subject to hydrolysis) is 1. The van der Waals surface area contributed by atoms with Crippen molar-refractivity contribution in [3.05, 3.63) is 0 Å². The fourth-order valence-electron chi connectivity index (χ4n) is 1.93. The van der Waals surface area contributed by atoms with Crippen LogP contribution in [0.1, 0.15) is 33.6 Å². The number of rotatable bonds is 4. The van der Waals surface area contributed by atoms with Gasteiger partial charge in [-0.15, -0.1) is 0 Å². The molecule has 1 aliphatic rings. The van der Waals surface area contributed by atoms with Gasteiger partial charge in [0.1, 0.15) is 5.60 Å². The highest BCUT2D eigenvalue weighted by Gasteiger charge is 2.33. The molecule has 0 unspecified atom stereocenters. The van der Waals surface area contributed by atoms with Crippen LogP contribution in [0.2, 0.25) is 0 Å². The normalized spacial score (nSPS) is 19.3. The van der Waals surface area contributed by atoms with E-state index < -0.39 is 5.60 Å².